The Balaban J connectivity index is 1.86. The van der Waals surface area contributed by atoms with Crippen LogP contribution in [0.2, 0.25) is 0 Å². The summed E-state index contributed by atoms with van der Waals surface area (Å²) in [6.07, 6.45) is -6.71. The van der Waals surface area contributed by atoms with Gasteiger partial charge in [-0.15, -0.1) is 0 Å². The summed E-state index contributed by atoms with van der Waals surface area (Å²) in [7, 11) is 1.56. The van der Waals surface area contributed by atoms with Crippen molar-refractivity contribution in [3.63, 3.8) is 0 Å². The Bertz CT molecular complexity index is 1110. The Morgan fingerprint density at radius 2 is 1.86 bits per heavy atom. The number of halogens is 5. The van der Waals surface area contributed by atoms with Crippen LogP contribution < -0.4 is 4.18 Å². The van der Waals surface area contributed by atoms with Gasteiger partial charge in [-0.3, -0.25) is 4.18 Å². The lowest BCUT2D eigenvalue weighted by atomic mass is 10.1. The van der Waals surface area contributed by atoms with E-state index in [1.165, 1.54) is 10.8 Å². The van der Waals surface area contributed by atoms with Crippen LogP contribution in [0.25, 0.3) is 22.6 Å². The molecule has 0 amide bonds. The molecule has 12 heteroatoms. The average Bonchev–Trinajstić information content (AvgIpc) is 3.05. The minimum Gasteiger partial charge on any atom is -0.398 e. The monoisotopic (exact) mass is 493 g/mol. The van der Waals surface area contributed by atoms with Gasteiger partial charge in [0.15, 0.2) is 11.6 Å². The van der Waals surface area contributed by atoms with Gasteiger partial charge in [0.25, 0.3) is 0 Å². The maximum absolute atomic E-state index is 13.9. The molecule has 154 valence electrons. The molecule has 0 spiro atoms. The highest BCUT2D eigenvalue weighted by Gasteiger charge is 2.57. The minimum atomic E-state index is -4.11. The zero-order chi connectivity index (χ0) is 21.0. The van der Waals surface area contributed by atoms with E-state index in [9.17, 15) is 17.6 Å². The molecule has 0 unspecified atom stereocenters. The lowest BCUT2D eigenvalue weighted by molar-refractivity contribution is -0.369. The highest BCUT2D eigenvalue weighted by atomic mass is 79.9. The van der Waals surface area contributed by atoms with E-state index >= 15 is 0 Å². The number of aryl methyl sites for hydroxylation is 1. The van der Waals surface area contributed by atoms with Crippen LogP contribution in [-0.2, 0) is 28.2 Å². The maximum Gasteiger partial charge on any atom is 0.388 e. The first-order chi connectivity index (χ1) is 13.6. The topological polar surface area (TPSA) is 58.4 Å². The van der Waals surface area contributed by atoms with Crippen molar-refractivity contribution in [1.29, 1.82) is 0 Å². The largest absolute Gasteiger partial charge is 0.398 e. The van der Waals surface area contributed by atoms with Crippen LogP contribution in [0.4, 0.5) is 17.6 Å². The molecular formula is C17H12BrF4N3O3S. The lowest BCUT2D eigenvalue weighted by Crippen LogP contribution is -2.17. The fourth-order valence-electron chi connectivity index (χ4n) is 2.96. The highest BCUT2D eigenvalue weighted by Crippen LogP contribution is 2.52. The molecule has 3 aromatic rings. The van der Waals surface area contributed by atoms with Gasteiger partial charge in [-0.25, -0.2) is 14.7 Å². The highest BCUT2D eigenvalue weighted by molar-refractivity contribution is 9.10. The van der Waals surface area contributed by atoms with Gasteiger partial charge < -0.3 is 8.75 Å². The number of aromatic nitrogens is 3. The fraction of sp³-hybridized carbons (Fsp3) is 0.294. The van der Waals surface area contributed by atoms with Crippen LogP contribution in [-0.4, -0.2) is 21.1 Å². The minimum absolute atomic E-state index is 0.0929. The van der Waals surface area contributed by atoms with E-state index < -0.39 is 23.3 Å². The molecule has 0 N–H and O–H groups in total. The lowest BCUT2D eigenvalue weighted by Gasteiger charge is -2.11. The van der Waals surface area contributed by atoms with E-state index in [0.717, 1.165) is 24.5 Å². The molecule has 0 aliphatic carbocycles. The second-order valence-corrected chi connectivity index (χ2v) is 7.53. The van der Waals surface area contributed by atoms with E-state index in [-0.39, 0.29) is 22.6 Å². The third kappa shape index (κ3) is 3.47. The summed E-state index contributed by atoms with van der Waals surface area (Å²) in [5.41, 5.74) is -1.21. The van der Waals surface area contributed by atoms with Gasteiger partial charge in [0.1, 0.15) is 5.69 Å². The van der Waals surface area contributed by atoms with Crippen LogP contribution in [0.1, 0.15) is 18.1 Å². The van der Waals surface area contributed by atoms with Crippen molar-refractivity contribution in [1.82, 2.24) is 14.5 Å². The zero-order valence-corrected chi connectivity index (χ0v) is 17.3. The number of fused-ring (bicyclic) bond motifs is 2. The molecule has 0 bridgehead atoms. The van der Waals surface area contributed by atoms with Crippen LogP contribution in [0, 0.1) is 0 Å². The third-order valence-electron chi connectivity index (χ3n) is 4.22. The van der Waals surface area contributed by atoms with Crippen LogP contribution in [0.5, 0.6) is 5.75 Å². The van der Waals surface area contributed by atoms with Crippen LogP contribution in [0.15, 0.2) is 28.9 Å². The Kier molecular flexibility index (Phi) is 5.00. The number of ether oxygens (including phenoxy) is 1. The summed E-state index contributed by atoms with van der Waals surface area (Å²) < 4.78 is 71.9. The van der Waals surface area contributed by atoms with Crippen molar-refractivity contribution in [2.24, 2.45) is 7.05 Å². The molecule has 29 heavy (non-hydrogen) atoms. The van der Waals surface area contributed by atoms with E-state index in [1.54, 1.807) is 20.0 Å². The molecule has 3 heterocycles. The molecular weight excluding hydrogens is 482 g/mol. The zero-order valence-electron chi connectivity index (χ0n) is 14.9. The number of pyridine rings is 1. The predicted octanol–water partition coefficient (Wildman–Crippen LogP) is 5.51. The first-order valence-corrected chi connectivity index (χ1v) is 9.69. The van der Waals surface area contributed by atoms with E-state index in [1.807, 2.05) is 0 Å². The standard InChI is InChI=1S/C17H12BrF4N3O3S/c1-3-26-29-27-13-4-8(18)7-23-14(13)15-24-11-5-9-10(6-12(11)25(15)2)17(21,22)28-16(9,19)20/h4-7H,3H2,1-2H3. The predicted molar refractivity (Wildman–Crippen MR) is 100 cm³/mol. The summed E-state index contributed by atoms with van der Waals surface area (Å²) in [5.74, 6) is 0.540. The number of alkyl halides is 4. The van der Waals surface area contributed by atoms with E-state index in [0.29, 0.717) is 16.8 Å². The van der Waals surface area contributed by atoms with Gasteiger partial charge >= 0.3 is 12.2 Å². The first-order valence-electron chi connectivity index (χ1n) is 8.23. The molecule has 6 nitrogen and oxygen atoms in total. The Morgan fingerprint density at radius 1 is 1.17 bits per heavy atom. The Morgan fingerprint density at radius 3 is 2.55 bits per heavy atom. The van der Waals surface area contributed by atoms with Crippen LogP contribution >= 0.6 is 28.3 Å². The normalized spacial score (nSPS) is 16.9. The van der Waals surface area contributed by atoms with Crippen molar-refractivity contribution in [2.75, 3.05) is 6.61 Å². The van der Waals surface area contributed by atoms with Crippen molar-refractivity contribution < 1.29 is 30.7 Å². The van der Waals surface area contributed by atoms with Crippen molar-refractivity contribution >= 4 is 39.3 Å². The molecule has 0 saturated heterocycles. The maximum atomic E-state index is 13.9. The fourth-order valence-corrected chi connectivity index (χ4v) is 3.62. The second-order valence-electron chi connectivity index (χ2n) is 6.07. The number of nitrogens with zero attached hydrogens (tertiary/aromatic N) is 3. The molecule has 1 aliphatic rings. The van der Waals surface area contributed by atoms with Gasteiger partial charge in [0, 0.05) is 17.7 Å². The molecule has 0 radical (unpaired) electrons. The second kappa shape index (κ2) is 7.11. The van der Waals surface area contributed by atoms with Gasteiger partial charge in [-0.2, -0.15) is 17.6 Å². The summed E-state index contributed by atoms with van der Waals surface area (Å²) >= 11 is 4.03. The van der Waals surface area contributed by atoms with Crippen molar-refractivity contribution in [2.45, 2.75) is 19.1 Å². The van der Waals surface area contributed by atoms with E-state index in [2.05, 4.69) is 30.6 Å². The van der Waals surface area contributed by atoms with Gasteiger partial charge in [0.2, 0.25) is 12.3 Å². The molecule has 4 rings (SSSR count). The van der Waals surface area contributed by atoms with Crippen molar-refractivity contribution in [3.8, 4) is 17.3 Å². The molecule has 2 aromatic heterocycles. The third-order valence-corrected chi connectivity index (χ3v) is 5.24. The van der Waals surface area contributed by atoms with Gasteiger partial charge in [0.05, 0.1) is 28.8 Å². The summed E-state index contributed by atoms with van der Waals surface area (Å²) in [6.45, 7) is 2.19. The number of benzene rings is 1. The van der Waals surface area contributed by atoms with Gasteiger partial charge in [-0.05, 0) is 41.1 Å². The van der Waals surface area contributed by atoms with Crippen LogP contribution in [0.3, 0.4) is 0 Å². The SMILES string of the molecule is CCOSOc1cc(Br)cnc1-c1nc2cc3c(cc2n1C)C(F)(F)OC3(F)F. The molecule has 0 atom stereocenters. The first kappa shape index (κ1) is 20.4. The number of rotatable bonds is 5. The Labute approximate surface area is 174 Å². The van der Waals surface area contributed by atoms with E-state index in [4.69, 9.17) is 8.37 Å². The summed E-state index contributed by atoms with van der Waals surface area (Å²) in [5, 5.41) is 0. The molecule has 1 aliphatic heterocycles. The molecule has 0 saturated carbocycles. The number of imidazole rings is 1. The molecule has 1 aromatic carbocycles. The Hall–Kier alpha value is -1.89. The smallest absolute Gasteiger partial charge is 0.388 e. The average molecular weight is 494 g/mol. The number of hydrogen-bond donors (Lipinski definition) is 0. The summed E-state index contributed by atoms with van der Waals surface area (Å²) in [6, 6.07) is 3.49. The van der Waals surface area contributed by atoms with Crippen molar-refractivity contribution in [3.05, 3.63) is 40.0 Å². The molecule has 0 fully saturated rings. The van der Waals surface area contributed by atoms with Gasteiger partial charge in [-0.1, -0.05) is 0 Å². The quantitative estimate of drug-likeness (QED) is 0.265. The number of hydrogen-bond acceptors (Lipinski definition) is 6. The summed E-state index contributed by atoms with van der Waals surface area (Å²) in [4.78, 5) is 8.59.